The third-order valence-corrected chi connectivity index (χ3v) is 4.16. The fraction of sp³-hybridized carbons (Fsp3) is 0.0588. The SMILES string of the molecule is Cc1ccc(-c2ccc(Br)cc2)n1-c1ccccc1Cl. The molecule has 1 nitrogen and oxygen atoms in total. The Morgan fingerprint density at radius 2 is 1.60 bits per heavy atom. The van der Waals surface area contributed by atoms with E-state index in [1.807, 2.05) is 24.3 Å². The standard InChI is InChI=1S/C17H13BrClN/c1-12-6-11-16(13-7-9-14(18)10-8-13)20(12)17-5-3-2-4-15(17)19/h2-11H,1H3. The number of aromatic nitrogens is 1. The minimum atomic E-state index is 0.755. The first-order valence-electron chi connectivity index (χ1n) is 6.36. The van der Waals surface area contributed by atoms with E-state index in [9.17, 15) is 0 Å². The summed E-state index contributed by atoms with van der Waals surface area (Å²) in [6.07, 6.45) is 0. The van der Waals surface area contributed by atoms with Crippen molar-refractivity contribution in [3.05, 3.63) is 75.9 Å². The van der Waals surface area contributed by atoms with Crippen molar-refractivity contribution in [2.24, 2.45) is 0 Å². The summed E-state index contributed by atoms with van der Waals surface area (Å²) in [5.74, 6) is 0. The highest BCUT2D eigenvalue weighted by atomic mass is 79.9. The van der Waals surface area contributed by atoms with Gasteiger partial charge in [0.25, 0.3) is 0 Å². The molecule has 0 amide bonds. The van der Waals surface area contributed by atoms with Gasteiger partial charge in [0.15, 0.2) is 0 Å². The van der Waals surface area contributed by atoms with Crippen molar-refractivity contribution in [2.75, 3.05) is 0 Å². The van der Waals surface area contributed by atoms with Gasteiger partial charge in [0.2, 0.25) is 0 Å². The topological polar surface area (TPSA) is 4.93 Å². The molecule has 3 rings (SSSR count). The van der Waals surface area contributed by atoms with Gasteiger partial charge in [0.1, 0.15) is 0 Å². The minimum Gasteiger partial charge on any atom is -0.312 e. The van der Waals surface area contributed by atoms with Crippen LogP contribution in [0.1, 0.15) is 5.69 Å². The summed E-state index contributed by atoms with van der Waals surface area (Å²) in [6, 6.07) is 20.5. The van der Waals surface area contributed by atoms with Gasteiger partial charge in [-0.15, -0.1) is 0 Å². The van der Waals surface area contributed by atoms with Crippen LogP contribution in [0.2, 0.25) is 5.02 Å². The molecule has 2 aromatic carbocycles. The van der Waals surface area contributed by atoms with Crippen molar-refractivity contribution in [1.29, 1.82) is 0 Å². The van der Waals surface area contributed by atoms with E-state index < -0.39 is 0 Å². The van der Waals surface area contributed by atoms with Crippen LogP contribution in [0.25, 0.3) is 16.9 Å². The number of hydrogen-bond acceptors (Lipinski definition) is 0. The number of nitrogens with zero attached hydrogens (tertiary/aromatic N) is 1. The lowest BCUT2D eigenvalue weighted by Crippen LogP contribution is -1.99. The molecule has 0 unspecified atom stereocenters. The van der Waals surface area contributed by atoms with Crippen molar-refractivity contribution < 1.29 is 0 Å². The third-order valence-electron chi connectivity index (χ3n) is 3.31. The summed E-state index contributed by atoms with van der Waals surface area (Å²) in [5, 5.41) is 0.755. The van der Waals surface area contributed by atoms with Crippen molar-refractivity contribution in [2.45, 2.75) is 6.92 Å². The Labute approximate surface area is 132 Å². The number of rotatable bonds is 2. The monoisotopic (exact) mass is 345 g/mol. The summed E-state index contributed by atoms with van der Waals surface area (Å²) >= 11 is 9.81. The Morgan fingerprint density at radius 3 is 2.30 bits per heavy atom. The summed E-state index contributed by atoms with van der Waals surface area (Å²) in [6.45, 7) is 2.09. The van der Waals surface area contributed by atoms with E-state index >= 15 is 0 Å². The van der Waals surface area contributed by atoms with Crippen molar-refractivity contribution in [3.63, 3.8) is 0 Å². The van der Waals surface area contributed by atoms with E-state index in [1.165, 1.54) is 5.56 Å². The molecule has 0 N–H and O–H groups in total. The lowest BCUT2D eigenvalue weighted by atomic mass is 10.1. The van der Waals surface area contributed by atoms with Crippen LogP contribution in [-0.2, 0) is 0 Å². The van der Waals surface area contributed by atoms with Crippen LogP contribution in [0.15, 0.2) is 65.1 Å². The fourth-order valence-corrected chi connectivity index (χ4v) is 2.82. The average Bonchev–Trinajstić information content (AvgIpc) is 2.82. The highest BCUT2D eigenvalue weighted by Gasteiger charge is 2.11. The summed E-state index contributed by atoms with van der Waals surface area (Å²) in [7, 11) is 0. The van der Waals surface area contributed by atoms with Crippen LogP contribution < -0.4 is 0 Å². The fourth-order valence-electron chi connectivity index (χ4n) is 2.34. The molecule has 3 aromatic rings. The second kappa shape index (κ2) is 5.47. The Bertz CT molecular complexity index is 744. The second-order valence-corrected chi connectivity index (χ2v) is 5.98. The van der Waals surface area contributed by atoms with Gasteiger partial charge < -0.3 is 4.57 Å². The third kappa shape index (κ3) is 2.41. The van der Waals surface area contributed by atoms with E-state index in [0.29, 0.717) is 0 Å². The first-order valence-corrected chi connectivity index (χ1v) is 7.53. The molecule has 0 fully saturated rings. The summed E-state index contributed by atoms with van der Waals surface area (Å²) in [5.41, 5.74) is 4.48. The highest BCUT2D eigenvalue weighted by Crippen LogP contribution is 2.30. The zero-order valence-corrected chi connectivity index (χ0v) is 13.3. The van der Waals surface area contributed by atoms with E-state index in [1.54, 1.807) is 0 Å². The minimum absolute atomic E-state index is 0.755. The number of para-hydroxylation sites is 1. The molecule has 1 aromatic heterocycles. The molecule has 0 spiro atoms. The molecule has 0 aliphatic heterocycles. The predicted molar refractivity (Wildman–Crippen MR) is 88.7 cm³/mol. The maximum Gasteiger partial charge on any atom is 0.0646 e. The molecule has 0 bridgehead atoms. The van der Waals surface area contributed by atoms with Gasteiger partial charge >= 0.3 is 0 Å². The predicted octanol–water partition coefficient (Wildman–Crippen LogP) is 5.87. The van der Waals surface area contributed by atoms with E-state index in [4.69, 9.17) is 11.6 Å². The number of aryl methyl sites for hydroxylation is 1. The molecule has 3 heteroatoms. The Balaban J connectivity index is 2.20. The Morgan fingerprint density at radius 1 is 0.900 bits per heavy atom. The van der Waals surface area contributed by atoms with E-state index in [2.05, 4.69) is 63.8 Å². The first-order chi connectivity index (χ1) is 9.66. The van der Waals surface area contributed by atoms with Crippen LogP contribution >= 0.6 is 27.5 Å². The maximum atomic E-state index is 6.34. The van der Waals surface area contributed by atoms with Crippen LogP contribution in [0.5, 0.6) is 0 Å². The molecular formula is C17H13BrClN. The zero-order valence-electron chi connectivity index (χ0n) is 11.0. The molecule has 0 aliphatic carbocycles. The normalized spacial score (nSPS) is 10.8. The van der Waals surface area contributed by atoms with Gasteiger partial charge in [-0.3, -0.25) is 0 Å². The van der Waals surface area contributed by atoms with Crippen molar-refractivity contribution in [1.82, 2.24) is 4.57 Å². The number of hydrogen-bond donors (Lipinski definition) is 0. The van der Waals surface area contributed by atoms with Gasteiger partial charge in [0, 0.05) is 10.2 Å². The van der Waals surface area contributed by atoms with Crippen LogP contribution in [0, 0.1) is 6.92 Å². The van der Waals surface area contributed by atoms with Gasteiger partial charge in [-0.25, -0.2) is 0 Å². The smallest absolute Gasteiger partial charge is 0.0646 e. The molecule has 0 saturated heterocycles. The van der Waals surface area contributed by atoms with Crippen molar-refractivity contribution in [3.8, 4) is 16.9 Å². The average molecular weight is 347 g/mol. The highest BCUT2D eigenvalue weighted by molar-refractivity contribution is 9.10. The van der Waals surface area contributed by atoms with E-state index in [0.717, 1.165) is 26.6 Å². The molecule has 100 valence electrons. The first kappa shape index (κ1) is 13.5. The Kier molecular flexibility index (Phi) is 3.68. The lowest BCUT2D eigenvalue weighted by Gasteiger charge is -2.13. The van der Waals surface area contributed by atoms with Gasteiger partial charge in [-0.1, -0.05) is 51.8 Å². The molecule has 0 aliphatic rings. The number of benzene rings is 2. The molecule has 0 radical (unpaired) electrons. The summed E-state index contributed by atoms with van der Waals surface area (Å²) < 4.78 is 3.26. The largest absolute Gasteiger partial charge is 0.312 e. The van der Waals surface area contributed by atoms with Gasteiger partial charge in [0.05, 0.1) is 16.4 Å². The lowest BCUT2D eigenvalue weighted by molar-refractivity contribution is 1.02. The van der Waals surface area contributed by atoms with Crippen LogP contribution in [0.4, 0.5) is 0 Å². The quantitative estimate of drug-likeness (QED) is 0.547. The molecule has 0 atom stereocenters. The van der Waals surface area contributed by atoms with Gasteiger partial charge in [-0.05, 0) is 48.9 Å². The number of halogens is 2. The van der Waals surface area contributed by atoms with Crippen LogP contribution in [-0.4, -0.2) is 4.57 Å². The summed E-state index contributed by atoms with van der Waals surface area (Å²) in [4.78, 5) is 0. The molecule has 20 heavy (non-hydrogen) atoms. The molecule has 1 heterocycles. The van der Waals surface area contributed by atoms with Crippen LogP contribution in [0.3, 0.4) is 0 Å². The molecular weight excluding hydrogens is 334 g/mol. The maximum absolute atomic E-state index is 6.34. The zero-order chi connectivity index (χ0) is 14.1. The van der Waals surface area contributed by atoms with E-state index in [-0.39, 0.29) is 0 Å². The van der Waals surface area contributed by atoms with Crippen molar-refractivity contribution >= 4 is 27.5 Å². The second-order valence-electron chi connectivity index (χ2n) is 4.65. The van der Waals surface area contributed by atoms with Gasteiger partial charge in [-0.2, -0.15) is 0 Å². The molecule has 0 saturated carbocycles. The Hall–Kier alpha value is -1.51.